The number of carboxylic acids is 1. The first-order valence-corrected chi connectivity index (χ1v) is 7.11. The number of amides is 2. The highest BCUT2D eigenvalue weighted by molar-refractivity contribution is 5.89. The van der Waals surface area contributed by atoms with Crippen LogP contribution in [0.2, 0.25) is 0 Å². The molecule has 0 spiro atoms. The largest absolute Gasteiger partial charge is 0.481 e. The Labute approximate surface area is 122 Å². The molecule has 2 heterocycles. The predicted octanol–water partition coefficient (Wildman–Crippen LogP) is 1.68. The average molecular weight is 290 g/mol. The third kappa shape index (κ3) is 2.81. The number of aromatic nitrogens is 2. The van der Waals surface area contributed by atoms with Gasteiger partial charge in [-0.25, -0.2) is 4.79 Å². The van der Waals surface area contributed by atoms with Gasteiger partial charge in [-0.05, 0) is 38.3 Å². The van der Waals surface area contributed by atoms with Crippen LogP contribution in [0, 0.1) is 5.41 Å². The second-order valence-corrected chi connectivity index (χ2v) is 6.09. The molecule has 1 saturated heterocycles. The highest BCUT2D eigenvalue weighted by Gasteiger charge is 2.42. The summed E-state index contributed by atoms with van der Waals surface area (Å²) in [5.41, 5.74) is 0.103. The second-order valence-electron chi connectivity index (χ2n) is 6.09. The average Bonchev–Trinajstić information content (AvgIpc) is 3.22. The molecule has 2 N–H and O–H groups in total. The van der Waals surface area contributed by atoms with Gasteiger partial charge in [0.25, 0.3) is 0 Å². The van der Waals surface area contributed by atoms with E-state index in [0.29, 0.717) is 24.7 Å². The Hall–Kier alpha value is -2.18. The zero-order valence-corrected chi connectivity index (χ0v) is 11.9. The van der Waals surface area contributed by atoms with Crippen LogP contribution < -0.4 is 5.32 Å². The van der Waals surface area contributed by atoms with Crippen molar-refractivity contribution in [2.75, 3.05) is 18.4 Å². The van der Waals surface area contributed by atoms with E-state index in [0.717, 1.165) is 18.5 Å². The summed E-state index contributed by atoms with van der Waals surface area (Å²) in [6, 6.07) is 3.30. The molecule has 112 valence electrons. The minimum atomic E-state index is -0.869. The van der Waals surface area contributed by atoms with Gasteiger partial charge in [-0.3, -0.25) is 10.1 Å². The van der Waals surface area contributed by atoms with Crippen molar-refractivity contribution in [2.24, 2.45) is 5.41 Å². The summed E-state index contributed by atoms with van der Waals surface area (Å²) < 4.78 is 0. The standard InChI is InChI=1S/C14H18N4O3/c1-14(12(19)20)6-7-18(8-14)13(21)15-11-5-4-10(16-17-11)9-2-3-9/h4-5,9H,2-3,6-8H2,1H3,(H,19,20)(H,15,17,21). The number of carbonyl (C=O) groups excluding carboxylic acids is 1. The number of anilines is 1. The Balaban J connectivity index is 1.60. The molecule has 0 radical (unpaired) electrons. The number of aliphatic carboxylic acids is 1. The molecule has 0 aromatic carbocycles. The van der Waals surface area contributed by atoms with Gasteiger partial charge in [0.1, 0.15) is 0 Å². The van der Waals surface area contributed by atoms with E-state index in [9.17, 15) is 9.59 Å². The first-order chi connectivity index (χ1) is 9.98. The lowest BCUT2D eigenvalue weighted by atomic mass is 9.90. The molecule has 2 aliphatic rings. The smallest absolute Gasteiger partial charge is 0.323 e. The number of rotatable bonds is 3. The summed E-state index contributed by atoms with van der Waals surface area (Å²) in [7, 11) is 0. The van der Waals surface area contributed by atoms with Crippen LogP contribution in [0.1, 0.15) is 37.8 Å². The molecule has 1 aromatic rings. The molecule has 2 fully saturated rings. The topological polar surface area (TPSA) is 95.4 Å². The third-order valence-corrected chi connectivity index (χ3v) is 4.19. The summed E-state index contributed by atoms with van der Waals surface area (Å²) in [4.78, 5) is 24.8. The number of carbonyl (C=O) groups is 2. The fourth-order valence-electron chi connectivity index (χ4n) is 2.50. The van der Waals surface area contributed by atoms with E-state index >= 15 is 0 Å². The summed E-state index contributed by atoms with van der Waals surface area (Å²) in [5, 5.41) is 19.9. The van der Waals surface area contributed by atoms with Crippen LogP contribution in [0.15, 0.2) is 12.1 Å². The maximum atomic E-state index is 12.1. The number of likely N-dealkylation sites (tertiary alicyclic amines) is 1. The monoisotopic (exact) mass is 290 g/mol. The molecule has 21 heavy (non-hydrogen) atoms. The van der Waals surface area contributed by atoms with E-state index in [1.807, 2.05) is 6.07 Å². The molecular formula is C14H18N4O3. The lowest BCUT2D eigenvalue weighted by molar-refractivity contribution is -0.146. The molecule has 1 aliphatic heterocycles. The number of carboxylic acid groups (broad SMARTS) is 1. The fourth-order valence-corrected chi connectivity index (χ4v) is 2.50. The summed E-state index contributed by atoms with van der Waals surface area (Å²) in [5.74, 6) is 0.0526. The Morgan fingerprint density at radius 2 is 2.14 bits per heavy atom. The lowest BCUT2D eigenvalue weighted by Gasteiger charge is -2.20. The van der Waals surface area contributed by atoms with Crippen molar-refractivity contribution in [2.45, 2.75) is 32.1 Å². The van der Waals surface area contributed by atoms with E-state index < -0.39 is 11.4 Å². The number of hydrogen-bond acceptors (Lipinski definition) is 4. The molecular weight excluding hydrogens is 272 g/mol. The predicted molar refractivity (Wildman–Crippen MR) is 75.0 cm³/mol. The molecule has 2 amide bonds. The van der Waals surface area contributed by atoms with Crippen molar-refractivity contribution in [3.63, 3.8) is 0 Å². The maximum absolute atomic E-state index is 12.1. The molecule has 1 unspecified atom stereocenters. The van der Waals surface area contributed by atoms with Gasteiger partial charge in [-0.1, -0.05) is 0 Å². The first-order valence-electron chi connectivity index (χ1n) is 7.11. The molecule has 3 rings (SSSR count). The zero-order chi connectivity index (χ0) is 15.0. The number of hydrogen-bond donors (Lipinski definition) is 2. The van der Waals surface area contributed by atoms with Crippen LogP contribution in [0.4, 0.5) is 10.6 Å². The van der Waals surface area contributed by atoms with E-state index in [2.05, 4.69) is 15.5 Å². The third-order valence-electron chi connectivity index (χ3n) is 4.19. The normalized spacial score (nSPS) is 24.9. The minimum Gasteiger partial charge on any atom is -0.481 e. The van der Waals surface area contributed by atoms with Gasteiger partial charge in [0.05, 0.1) is 11.1 Å². The van der Waals surface area contributed by atoms with Gasteiger partial charge in [0, 0.05) is 19.0 Å². The molecule has 7 heteroatoms. The van der Waals surface area contributed by atoms with Gasteiger partial charge >= 0.3 is 12.0 Å². The highest BCUT2D eigenvalue weighted by atomic mass is 16.4. The summed E-state index contributed by atoms with van der Waals surface area (Å²) in [6.07, 6.45) is 2.77. The summed E-state index contributed by atoms with van der Waals surface area (Å²) in [6.45, 7) is 2.30. The van der Waals surface area contributed by atoms with Crippen LogP contribution in [0.3, 0.4) is 0 Å². The van der Waals surface area contributed by atoms with Crippen molar-refractivity contribution < 1.29 is 14.7 Å². The van der Waals surface area contributed by atoms with E-state index in [1.54, 1.807) is 13.0 Å². The fraction of sp³-hybridized carbons (Fsp3) is 0.571. The molecule has 7 nitrogen and oxygen atoms in total. The quantitative estimate of drug-likeness (QED) is 0.883. The van der Waals surface area contributed by atoms with Crippen molar-refractivity contribution in [3.05, 3.63) is 17.8 Å². The SMILES string of the molecule is CC1(C(=O)O)CCN(C(=O)Nc2ccc(C3CC3)nn2)C1. The van der Waals surface area contributed by atoms with Crippen LogP contribution in [-0.4, -0.2) is 45.3 Å². The summed E-state index contributed by atoms with van der Waals surface area (Å²) >= 11 is 0. The number of nitrogens with zero attached hydrogens (tertiary/aromatic N) is 3. The van der Waals surface area contributed by atoms with Crippen LogP contribution in [-0.2, 0) is 4.79 Å². The van der Waals surface area contributed by atoms with E-state index in [4.69, 9.17) is 5.11 Å². The van der Waals surface area contributed by atoms with Gasteiger partial charge < -0.3 is 10.0 Å². The van der Waals surface area contributed by atoms with Crippen molar-refractivity contribution >= 4 is 17.8 Å². The van der Waals surface area contributed by atoms with E-state index in [-0.39, 0.29) is 12.6 Å². The number of nitrogens with one attached hydrogen (secondary N) is 1. The van der Waals surface area contributed by atoms with Gasteiger partial charge in [0.2, 0.25) is 0 Å². The maximum Gasteiger partial charge on any atom is 0.323 e. The van der Waals surface area contributed by atoms with Gasteiger partial charge in [-0.2, -0.15) is 5.10 Å². The molecule has 1 atom stereocenters. The Morgan fingerprint density at radius 1 is 1.38 bits per heavy atom. The van der Waals surface area contributed by atoms with Gasteiger partial charge in [-0.15, -0.1) is 5.10 Å². The second kappa shape index (κ2) is 4.98. The Morgan fingerprint density at radius 3 is 2.67 bits per heavy atom. The minimum absolute atomic E-state index is 0.210. The molecule has 1 saturated carbocycles. The van der Waals surface area contributed by atoms with Crippen molar-refractivity contribution in [3.8, 4) is 0 Å². The van der Waals surface area contributed by atoms with Crippen LogP contribution in [0.25, 0.3) is 0 Å². The Kier molecular flexibility index (Phi) is 3.27. The lowest BCUT2D eigenvalue weighted by Crippen LogP contribution is -2.37. The first kappa shape index (κ1) is 13.8. The number of urea groups is 1. The van der Waals surface area contributed by atoms with Gasteiger partial charge in [0.15, 0.2) is 5.82 Å². The van der Waals surface area contributed by atoms with Crippen molar-refractivity contribution in [1.82, 2.24) is 15.1 Å². The molecule has 1 aliphatic carbocycles. The zero-order valence-electron chi connectivity index (χ0n) is 11.9. The van der Waals surface area contributed by atoms with Crippen LogP contribution >= 0.6 is 0 Å². The highest BCUT2D eigenvalue weighted by Crippen LogP contribution is 2.38. The molecule has 1 aromatic heterocycles. The molecule has 0 bridgehead atoms. The van der Waals surface area contributed by atoms with Crippen molar-refractivity contribution in [1.29, 1.82) is 0 Å². The van der Waals surface area contributed by atoms with E-state index in [1.165, 1.54) is 4.90 Å². The van der Waals surface area contributed by atoms with Crippen LogP contribution in [0.5, 0.6) is 0 Å². The Bertz CT molecular complexity index is 570.